The average molecular weight is 2090 g/mol. The lowest BCUT2D eigenvalue weighted by molar-refractivity contribution is -0.432. The number of azo groups is 2. The lowest BCUT2D eigenvalue weighted by Crippen LogP contribution is -2.19. The van der Waals surface area contributed by atoms with Gasteiger partial charge in [0.25, 0.3) is 40.5 Å². The summed E-state index contributed by atoms with van der Waals surface area (Å²) < 4.78 is 208. The van der Waals surface area contributed by atoms with Gasteiger partial charge in [0, 0.05) is 62.7 Å². The molecule has 0 unspecified atom stereocenters. The number of rotatable bonds is 38. The Hall–Kier alpha value is -11.4. The van der Waals surface area contributed by atoms with Crippen LogP contribution in [0.4, 0.5) is 91.7 Å². The standard InChI is InChI=1S/C35H27Cl2N11O10S4.C33H29Cl2N13O16S6/c1-17-6-9-20(10-7-17)39-33-42-30(36)41-32(45-33)38-12-13-59-35-44-31(37)43-34(46-35)40-24-16-21(61(51,52)53)14-19-15-25(60-58-57-50)27(28(49)26(19)24)48-47-23-11-8-18-4-2-3-5-22(18)29(23)62(54,55)56;34-27-41-30(45-31(42-27)38-17-1-4-20(5-2-17)67(51,52)10-8-62-70(59,60)61)37-7-9-65-33-44-28(35)43-32(46-33)39-18-3-6-22(23(13-18)40-29(36)49)47-48-24-15-21-16(12-26(24)69(56,57)58)11-19(66-64-63-50)14-25(21)68(53,54)55/h2-11,14-16,49-50H,12-13H2,1H3,(H,51,52,53)(H,54,55,56)(H,40,43,44,46)(H2,38,39,41,42,45);1-6,11-15,50H,7-10H2,(H3,36,40,49)(H,53,54,55)(H,56,57,58)(H,59,60,61)(H,39,43,44,46)(H2,37,38,41,42,45). The predicted molar refractivity (Wildman–Crippen MR) is 480 cm³/mol. The molecular weight excluding hydrogens is 2030 g/mol. The number of hydrogen-bond donors (Lipinski definition) is 16. The maximum atomic E-state index is 12.5. The molecule has 0 spiro atoms. The van der Waals surface area contributed by atoms with E-state index in [1.807, 2.05) is 31.2 Å². The van der Waals surface area contributed by atoms with Gasteiger partial charge in [-0.15, -0.1) is 29.1 Å². The first-order valence-corrected chi connectivity index (χ1v) is 49.3. The molecule has 0 aliphatic rings. The number of primary amides is 1. The average Bonchev–Trinajstić information content (AvgIpc) is 0.759. The smallest absolute Gasteiger partial charge is 0.397 e. The summed E-state index contributed by atoms with van der Waals surface area (Å²) in [7, 11) is -28.6. The number of aryl methyl sites for hydroxylation is 1. The van der Waals surface area contributed by atoms with E-state index in [0.717, 1.165) is 65.1 Å². The van der Waals surface area contributed by atoms with Crippen LogP contribution >= 0.6 is 94.0 Å². The number of nitrogens with two attached hydrogens (primary N) is 1. The van der Waals surface area contributed by atoms with Crippen LogP contribution in [0.25, 0.3) is 32.3 Å². The summed E-state index contributed by atoms with van der Waals surface area (Å²) in [5, 5.41) is 71.8. The van der Waals surface area contributed by atoms with E-state index in [4.69, 9.17) is 67.2 Å². The van der Waals surface area contributed by atoms with Crippen LogP contribution in [0.15, 0.2) is 211 Å². The van der Waals surface area contributed by atoms with Gasteiger partial charge in [0.05, 0.1) is 62.5 Å². The van der Waals surface area contributed by atoms with Crippen molar-refractivity contribution in [2.75, 3.05) is 74.2 Å². The molecule has 0 saturated heterocycles. The van der Waals surface area contributed by atoms with Gasteiger partial charge in [-0.25, -0.2) is 27.9 Å². The van der Waals surface area contributed by atoms with Gasteiger partial charge in [0.1, 0.15) is 37.4 Å². The Bertz CT molecular complexity index is 7430. The molecule has 2 amide bonds. The summed E-state index contributed by atoms with van der Waals surface area (Å²) in [4.78, 5) is 58.7. The van der Waals surface area contributed by atoms with Crippen molar-refractivity contribution >= 4 is 280 Å². The Labute approximate surface area is 780 Å². The number of thioether (sulfide) groups is 2. The summed E-state index contributed by atoms with van der Waals surface area (Å²) in [5.41, 5.74) is 5.99. The van der Waals surface area contributed by atoms with Crippen LogP contribution in [0.5, 0.6) is 5.75 Å². The van der Waals surface area contributed by atoms with E-state index in [-0.39, 0.29) is 150 Å². The SMILES string of the molecule is Cc1ccc(Nc2nc(Cl)nc(NCCSc3nc(Cl)nc(Nc4cc(S(=O)(=O)O)cc5cc(SOOO)c(N=Nc6ccc7ccccc7c6S(=O)(=O)O)c(O)c45)n3)n2)cc1.NC(=O)Nc1cc(Nc2nc(Cl)nc(SCCNc3nc(Cl)nc(Nc4ccc(S(=O)(=O)CCOS(=O)(=O)O)cc4)n3)n2)ccc1N=Nc1cc2c(S(=O)(=O)O)cc(SOOO)cc2cc1S(=O)(=O)O. The zero-order valence-electron chi connectivity index (χ0n) is 65.4. The third-order valence-corrected chi connectivity index (χ3v) is 25.9. The highest BCUT2D eigenvalue weighted by atomic mass is 35.5. The zero-order valence-corrected chi connectivity index (χ0v) is 76.5. The van der Waals surface area contributed by atoms with Crippen LogP contribution in [-0.2, 0) is 83.6 Å². The molecule has 0 aliphatic carbocycles. The molecule has 0 atom stereocenters. The van der Waals surface area contributed by atoms with Gasteiger partial charge in [-0.2, -0.15) is 102 Å². The fraction of sp³-hybridized carbons (Fsp3) is 0.103. The lowest BCUT2D eigenvalue weighted by Gasteiger charge is -2.15. The zero-order chi connectivity index (χ0) is 95.2. The number of anilines is 11. The highest BCUT2D eigenvalue weighted by Crippen LogP contribution is 2.49. The van der Waals surface area contributed by atoms with Gasteiger partial charge < -0.3 is 48.1 Å². The molecule has 13 aromatic rings. The fourth-order valence-corrected chi connectivity index (χ4v) is 18.7. The minimum absolute atomic E-state index is 0.0107. The second-order valence-corrected chi connectivity index (χ2v) is 39.4. The fourth-order valence-electron chi connectivity index (χ4n) is 11.3. The number of aromatic nitrogens is 12. The first-order valence-electron chi connectivity index (χ1n) is 35.6. The number of aromatic hydroxyl groups is 1. The van der Waals surface area contributed by atoms with Crippen molar-refractivity contribution in [2.24, 2.45) is 26.2 Å². The second-order valence-electron chi connectivity index (χ2n) is 25.6. The van der Waals surface area contributed by atoms with Crippen molar-refractivity contribution in [3.8, 4) is 5.75 Å². The second kappa shape index (κ2) is 43.1. The predicted octanol–water partition coefficient (Wildman–Crippen LogP) is 14.3. The maximum absolute atomic E-state index is 12.5. The van der Waals surface area contributed by atoms with Gasteiger partial charge in [0.2, 0.25) is 56.8 Å². The Balaban J connectivity index is 0.000000240. The topological polar surface area (TPSA) is 744 Å². The number of halogens is 4. The molecule has 0 radical (unpaired) electrons. The quantitative estimate of drug-likeness (QED) is 0.00325. The number of carbonyl (C=O) groups excluding carboxylic acids is 1. The van der Waals surface area contributed by atoms with Crippen LogP contribution in [0, 0.1) is 6.92 Å². The number of carbonyl (C=O) groups is 1. The molecule has 50 nitrogen and oxygen atoms in total. The Kier molecular flexibility index (Phi) is 32.6. The molecule has 0 aliphatic heterocycles. The van der Waals surface area contributed by atoms with E-state index >= 15 is 0 Å². The number of fused-ring (bicyclic) bond motifs is 3. The van der Waals surface area contributed by atoms with Gasteiger partial charge in [-0.05, 0) is 173 Å². The number of sulfone groups is 1. The molecule has 0 bridgehead atoms. The maximum Gasteiger partial charge on any atom is 0.397 e. The third-order valence-electron chi connectivity index (χ3n) is 16.6. The minimum Gasteiger partial charge on any atom is -0.505 e. The Morgan fingerprint density at radius 1 is 0.462 bits per heavy atom. The van der Waals surface area contributed by atoms with Crippen LogP contribution in [0.1, 0.15) is 5.56 Å². The van der Waals surface area contributed by atoms with Crippen molar-refractivity contribution < 1.29 is 117 Å². The summed E-state index contributed by atoms with van der Waals surface area (Å²) in [6.07, 6.45) is 0. The molecular formula is C68H56Cl4N24O26S10. The molecule has 692 valence electrons. The molecule has 17 N–H and O–H groups in total. The third kappa shape index (κ3) is 27.7. The highest BCUT2D eigenvalue weighted by Gasteiger charge is 2.28. The van der Waals surface area contributed by atoms with Crippen molar-refractivity contribution in [3.63, 3.8) is 0 Å². The summed E-state index contributed by atoms with van der Waals surface area (Å²) in [6, 6.07) is 31.9. The summed E-state index contributed by atoms with van der Waals surface area (Å²) in [5.74, 6) is -0.632. The highest BCUT2D eigenvalue weighted by molar-refractivity contribution is 7.99. The van der Waals surface area contributed by atoms with E-state index in [0.29, 0.717) is 46.7 Å². The van der Waals surface area contributed by atoms with E-state index in [1.165, 1.54) is 72.8 Å². The summed E-state index contributed by atoms with van der Waals surface area (Å²) in [6.45, 7) is 1.67. The van der Waals surface area contributed by atoms with Crippen molar-refractivity contribution in [1.29, 1.82) is 0 Å². The number of amides is 2. The van der Waals surface area contributed by atoms with E-state index < -0.39 is 116 Å². The number of phenolic OH excluding ortho intramolecular Hbond substituents is 1. The van der Waals surface area contributed by atoms with E-state index in [2.05, 4.69) is 140 Å². The number of phenols is 1. The van der Waals surface area contributed by atoms with Gasteiger partial charge in [-0.1, -0.05) is 81.6 Å². The van der Waals surface area contributed by atoms with Crippen LogP contribution in [0.2, 0.25) is 21.1 Å². The van der Waals surface area contributed by atoms with Crippen LogP contribution in [-0.4, -0.2) is 192 Å². The van der Waals surface area contributed by atoms with Crippen molar-refractivity contribution in [2.45, 2.75) is 51.5 Å². The lowest BCUT2D eigenvalue weighted by atomic mass is 10.1. The molecule has 64 heteroatoms. The molecule has 9 aromatic carbocycles. The summed E-state index contributed by atoms with van der Waals surface area (Å²) >= 11 is 27.5. The molecule has 132 heavy (non-hydrogen) atoms. The largest absolute Gasteiger partial charge is 0.505 e. The normalized spacial score (nSPS) is 12.2. The van der Waals surface area contributed by atoms with Crippen LogP contribution < -0.4 is 43.0 Å². The van der Waals surface area contributed by atoms with E-state index in [1.54, 1.807) is 18.2 Å². The number of nitrogens with zero attached hydrogens (tertiary/aromatic N) is 16. The molecule has 0 fully saturated rings. The Morgan fingerprint density at radius 3 is 1.55 bits per heavy atom. The van der Waals surface area contributed by atoms with Gasteiger partial charge in [0.15, 0.2) is 25.9 Å². The first kappa shape index (κ1) is 99.7. The van der Waals surface area contributed by atoms with Gasteiger partial charge in [-0.3, -0.25) is 22.8 Å². The number of benzene rings is 9. The number of nitrogens with one attached hydrogen (secondary N) is 7. The van der Waals surface area contributed by atoms with Crippen LogP contribution in [0.3, 0.4) is 0 Å². The molecule has 0 saturated carbocycles. The van der Waals surface area contributed by atoms with E-state index in [9.17, 15) is 78.6 Å². The molecule has 13 rings (SSSR count). The molecule has 4 aromatic heterocycles. The monoisotopic (exact) mass is 2080 g/mol. The molecule has 4 heterocycles. The van der Waals surface area contributed by atoms with Gasteiger partial charge >= 0.3 is 16.4 Å². The first-order chi connectivity index (χ1) is 62.4. The minimum atomic E-state index is -5.08. The van der Waals surface area contributed by atoms with Crippen molar-refractivity contribution in [3.05, 3.63) is 172 Å². The number of urea groups is 1. The van der Waals surface area contributed by atoms with Crippen molar-refractivity contribution in [1.82, 2.24) is 59.8 Å². The number of hydrogen-bond acceptors (Lipinski definition) is 47. The Morgan fingerprint density at radius 2 is 0.985 bits per heavy atom.